The molecule has 119 valence electrons. The van der Waals surface area contributed by atoms with E-state index in [-0.39, 0.29) is 36.2 Å². The SMILES string of the molecule is CC(=O)O[C@@H]1[CH][C@@]2(O)[C@H](C)CC[C@@H](C(C)CO)[C@H]2C=C1C. The van der Waals surface area contributed by atoms with Crippen LogP contribution in [0.5, 0.6) is 0 Å². The molecular formula is C17H27O4. The van der Waals surface area contributed by atoms with Crippen LogP contribution in [-0.4, -0.2) is 34.5 Å². The molecule has 2 rings (SSSR count). The number of hydrogen-bond acceptors (Lipinski definition) is 4. The fraction of sp³-hybridized carbons (Fsp3) is 0.765. The van der Waals surface area contributed by atoms with E-state index in [0.717, 1.165) is 18.4 Å². The van der Waals surface area contributed by atoms with Gasteiger partial charge in [0.15, 0.2) is 0 Å². The number of ether oxygens (including phenoxy) is 1. The first-order valence-corrected chi connectivity index (χ1v) is 7.84. The number of fused-ring (bicyclic) bond motifs is 1. The summed E-state index contributed by atoms with van der Waals surface area (Å²) in [5.74, 6) is 0.162. The van der Waals surface area contributed by atoms with Gasteiger partial charge in [-0.25, -0.2) is 0 Å². The Balaban J connectivity index is 2.33. The summed E-state index contributed by atoms with van der Waals surface area (Å²) in [4.78, 5) is 11.2. The molecule has 1 fully saturated rings. The molecule has 1 unspecified atom stereocenters. The Hall–Kier alpha value is -0.870. The lowest BCUT2D eigenvalue weighted by atomic mass is 9.57. The first-order chi connectivity index (χ1) is 9.79. The van der Waals surface area contributed by atoms with Crippen molar-refractivity contribution in [3.63, 3.8) is 0 Å². The van der Waals surface area contributed by atoms with Gasteiger partial charge in [-0.2, -0.15) is 0 Å². The van der Waals surface area contributed by atoms with Gasteiger partial charge in [0, 0.05) is 25.9 Å². The summed E-state index contributed by atoms with van der Waals surface area (Å²) in [5, 5.41) is 20.7. The molecule has 0 aliphatic heterocycles. The third-order valence-electron chi connectivity index (χ3n) is 5.34. The molecule has 2 N–H and O–H groups in total. The Bertz CT molecular complexity index is 431. The molecule has 0 heterocycles. The maximum atomic E-state index is 11.2. The van der Waals surface area contributed by atoms with Crippen molar-refractivity contribution in [2.45, 2.75) is 52.2 Å². The third-order valence-corrected chi connectivity index (χ3v) is 5.34. The molecule has 0 saturated heterocycles. The molecule has 6 atom stereocenters. The Kier molecular flexibility index (Phi) is 4.79. The molecule has 21 heavy (non-hydrogen) atoms. The van der Waals surface area contributed by atoms with Gasteiger partial charge in [0.05, 0.1) is 5.60 Å². The Morgan fingerprint density at radius 2 is 2.19 bits per heavy atom. The molecular weight excluding hydrogens is 268 g/mol. The van der Waals surface area contributed by atoms with Gasteiger partial charge in [0.25, 0.3) is 0 Å². The van der Waals surface area contributed by atoms with Crippen LogP contribution in [0.4, 0.5) is 0 Å². The summed E-state index contributed by atoms with van der Waals surface area (Å²) in [6.07, 6.45) is 5.33. The number of esters is 1. The van der Waals surface area contributed by atoms with E-state index in [1.54, 1.807) is 6.42 Å². The van der Waals surface area contributed by atoms with Crippen LogP contribution < -0.4 is 0 Å². The molecule has 0 aromatic heterocycles. The average molecular weight is 295 g/mol. The number of aliphatic hydroxyl groups excluding tert-OH is 1. The Morgan fingerprint density at radius 3 is 2.76 bits per heavy atom. The van der Waals surface area contributed by atoms with Gasteiger partial charge in [-0.05, 0) is 43.1 Å². The van der Waals surface area contributed by atoms with E-state index in [1.165, 1.54) is 6.92 Å². The second-order valence-electron chi connectivity index (χ2n) is 6.82. The minimum Gasteiger partial charge on any atom is -0.458 e. The second kappa shape index (κ2) is 6.09. The fourth-order valence-corrected chi connectivity index (χ4v) is 3.89. The van der Waals surface area contributed by atoms with Crippen molar-refractivity contribution in [2.75, 3.05) is 6.61 Å². The van der Waals surface area contributed by atoms with E-state index >= 15 is 0 Å². The summed E-state index contributed by atoms with van der Waals surface area (Å²) in [6.45, 7) is 7.53. The molecule has 1 radical (unpaired) electrons. The molecule has 4 nitrogen and oxygen atoms in total. The van der Waals surface area contributed by atoms with Gasteiger partial charge in [0.1, 0.15) is 6.10 Å². The van der Waals surface area contributed by atoms with Crippen molar-refractivity contribution >= 4 is 5.97 Å². The number of rotatable bonds is 3. The standard InChI is InChI=1S/C17H27O4/c1-10-7-15-14(11(2)9-18)6-5-12(3)17(15,20)8-16(10)21-13(4)19/h7-8,11-12,14-16,18,20H,5-6,9H2,1-4H3/t11?,12-,14+,15-,16-,17-/m1/s1. The zero-order valence-electron chi connectivity index (χ0n) is 13.4. The molecule has 2 aliphatic rings. The van der Waals surface area contributed by atoms with E-state index < -0.39 is 11.7 Å². The van der Waals surface area contributed by atoms with E-state index in [1.807, 2.05) is 20.8 Å². The molecule has 2 aliphatic carbocycles. The highest BCUT2D eigenvalue weighted by Gasteiger charge is 2.52. The van der Waals surface area contributed by atoms with E-state index in [0.29, 0.717) is 0 Å². The molecule has 0 spiro atoms. The van der Waals surface area contributed by atoms with Crippen molar-refractivity contribution in [1.82, 2.24) is 0 Å². The van der Waals surface area contributed by atoms with E-state index in [2.05, 4.69) is 6.08 Å². The molecule has 0 amide bonds. The van der Waals surface area contributed by atoms with Crippen LogP contribution in [0.3, 0.4) is 0 Å². The van der Waals surface area contributed by atoms with Gasteiger partial charge < -0.3 is 14.9 Å². The molecule has 1 saturated carbocycles. The van der Waals surface area contributed by atoms with Crippen LogP contribution in [0.1, 0.15) is 40.5 Å². The fourth-order valence-electron chi connectivity index (χ4n) is 3.89. The second-order valence-corrected chi connectivity index (χ2v) is 6.82. The Labute approximate surface area is 127 Å². The van der Waals surface area contributed by atoms with Crippen LogP contribution in [-0.2, 0) is 9.53 Å². The van der Waals surface area contributed by atoms with Crippen molar-refractivity contribution < 1.29 is 19.7 Å². The summed E-state index contributed by atoms with van der Waals surface area (Å²) in [7, 11) is 0. The lowest BCUT2D eigenvalue weighted by Crippen LogP contribution is -2.56. The number of hydrogen-bond donors (Lipinski definition) is 2. The molecule has 0 aromatic carbocycles. The zero-order valence-corrected chi connectivity index (χ0v) is 13.4. The van der Waals surface area contributed by atoms with E-state index in [9.17, 15) is 15.0 Å². The van der Waals surface area contributed by atoms with Gasteiger partial charge in [-0.15, -0.1) is 0 Å². The summed E-state index contributed by atoms with van der Waals surface area (Å²) >= 11 is 0. The topological polar surface area (TPSA) is 66.8 Å². The van der Waals surface area contributed by atoms with Crippen LogP contribution in [0.15, 0.2) is 11.6 Å². The smallest absolute Gasteiger partial charge is 0.303 e. The normalized spacial score (nSPS) is 41.0. The van der Waals surface area contributed by atoms with Gasteiger partial charge in [-0.3, -0.25) is 4.79 Å². The average Bonchev–Trinajstić information content (AvgIpc) is 2.41. The predicted molar refractivity (Wildman–Crippen MR) is 80.2 cm³/mol. The van der Waals surface area contributed by atoms with E-state index in [4.69, 9.17) is 4.74 Å². The highest BCUT2D eigenvalue weighted by molar-refractivity contribution is 5.66. The first kappa shape index (κ1) is 16.5. The van der Waals surface area contributed by atoms with Crippen molar-refractivity contribution in [3.05, 3.63) is 18.1 Å². The number of carbonyl (C=O) groups is 1. The zero-order chi connectivity index (χ0) is 15.8. The third kappa shape index (κ3) is 3.02. The lowest BCUT2D eigenvalue weighted by molar-refractivity contribution is -0.148. The maximum absolute atomic E-state index is 11.2. The minimum atomic E-state index is -0.966. The Morgan fingerprint density at radius 1 is 1.52 bits per heavy atom. The summed E-state index contributed by atoms with van der Waals surface area (Å²) in [6, 6.07) is 0. The van der Waals surface area contributed by atoms with Crippen molar-refractivity contribution in [2.24, 2.45) is 23.7 Å². The summed E-state index contributed by atoms with van der Waals surface area (Å²) in [5.41, 5.74) is -0.00415. The lowest BCUT2D eigenvalue weighted by Gasteiger charge is -2.52. The number of carbonyl (C=O) groups excluding carboxylic acids is 1. The number of aliphatic hydroxyl groups is 2. The molecule has 4 heteroatoms. The predicted octanol–water partition coefficient (Wildman–Crippen LogP) is 2.10. The summed E-state index contributed by atoms with van der Waals surface area (Å²) < 4.78 is 5.32. The van der Waals surface area contributed by atoms with Crippen LogP contribution in [0.25, 0.3) is 0 Å². The largest absolute Gasteiger partial charge is 0.458 e. The van der Waals surface area contributed by atoms with Crippen LogP contribution >= 0.6 is 0 Å². The first-order valence-electron chi connectivity index (χ1n) is 7.84. The maximum Gasteiger partial charge on any atom is 0.303 e. The van der Waals surface area contributed by atoms with Gasteiger partial charge in [0.2, 0.25) is 0 Å². The quantitative estimate of drug-likeness (QED) is 0.618. The monoisotopic (exact) mass is 295 g/mol. The van der Waals surface area contributed by atoms with Crippen LogP contribution in [0, 0.1) is 30.1 Å². The minimum absolute atomic E-state index is 0.0183. The molecule has 0 aromatic rings. The van der Waals surface area contributed by atoms with Crippen LogP contribution in [0.2, 0.25) is 0 Å². The van der Waals surface area contributed by atoms with Crippen molar-refractivity contribution in [3.8, 4) is 0 Å². The van der Waals surface area contributed by atoms with Crippen molar-refractivity contribution in [1.29, 1.82) is 0 Å². The highest BCUT2D eigenvalue weighted by atomic mass is 16.5. The molecule has 0 bridgehead atoms. The highest BCUT2D eigenvalue weighted by Crippen LogP contribution is 2.50. The van der Waals surface area contributed by atoms with Gasteiger partial charge in [-0.1, -0.05) is 19.9 Å². The van der Waals surface area contributed by atoms with Gasteiger partial charge >= 0.3 is 5.97 Å².